The van der Waals surface area contributed by atoms with Crippen LogP contribution in [0.2, 0.25) is 0 Å². The molecule has 0 aromatic rings. The highest BCUT2D eigenvalue weighted by Gasteiger charge is 2.44. The fourth-order valence-corrected chi connectivity index (χ4v) is 5.85. The second-order valence-corrected chi connectivity index (χ2v) is 13.7. The van der Waals surface area contributed by atoms with E-state index in [1.165, 1.54) is 44.9 Å². The second kappa shape index (κ2) is 32.6. The highest BCUT2D eigenvalue weighted by atomic mass is 16.7. The summed E-state index contributed by atoms with van der Waals surface area (Å²) in [5.74, 6) is -0.828. The normalized spacial score (nSPS) is 21.6. The molecule has 10 heteroatoms. The molecular weight excluding hydrogens is 652 g/mol. The first-order chi connectivity index (χ1) is 24.8. The number of rotatable bonds is 32. The average molecular weight is 725 g/mol. The van der Waals surface area contributed by atoms with Crippen LogP contribution in [0.5, 0.6) is 0 Å². The molecule has 0 saturated carbocycles. The van der Waals surface area contributed by atoms with Crippen molar-refractivity contribution in [2.24, 2.45) is 0 Å². The zero-order valence-corrected chi connectivity index (χ0v) is 31.8. The van der Waals surface area contributed by atoms with E-state index in [-0.39, 0.29) is 26.1 Å². The molecule has 10 nitrogen and oxygen atoms in total. The summed E-state index contributed by atoms with van der Waals surface area (Å²) in [6.07, 6.45) is 27.3. The molecule has 1 saturated heterocycles. The van der Waals surface area contributed by atoms with E-state index in [0.29, 0.717) is 12.8 Å². The van der Waals surface area contributed by atoms with Gasteiger partial charge in [-0.3, -0.25) is 9.59 Å². The van der Waals surface area contributed by atoms with Crippen LogP contribution in [0.25, 0.3) is 0 Å². The van der Waals surface area contributed by atoms with Crippen LogP contribution in [0.3, 0.4) is 0 Å². The minimum absolute atomic E-state index is 0.225. The SMILES string of the molecule is CC/C=C\C/C=C\C/C=C\CCCCCCCC(=O)OC[C@H](COC1OC(CO)C(O)C(O)C1O)OC(=O)CCCCCCCCCCCCC. The molecule has 4 N–H and O–H groups in total. The fraction of sp³-hybridized carbons (Fsp3) is 0.805. The summed E-state index contributed by atoms with van der Waals surface area (Å²) in [6, 6.07) is 0. The van der Waals surface area contributed by atoms with Crippen molar-refractivity contribution in [3.63, 3.8) is 0 Å². The van der Waals surface area contributed by atoms with Gasteiger partial charge in [0.1, 0.15) is 31.0 Å². The van der Waals surface area contributed by atoms with E-state index in [9.17, 15) is 30.0 Å². The lowest BCUT2D eigenvalue weighted by Crippen LogP contribution is -2.59. The van der Waals surface area contributed by atoms with Crippen LogP contribution >= 0.6 is 0 Å². The Balaban J connectivity index is 2.39. The Kier molecular flexibility index (Phi) is 30.0. The Morgan fingerprint density at radius 1 is 0.627 bits per heavy atom. The third-order valence-corrected chi connectivity index (χ3v) is 9.04. The molecule has 1 aliphatic rings. The first kappa shape index (κ1) is 46.9. The number of aliphatic hydroxyl groups is 4. The van der Waals surface area contributed by atoms with Crippen molar-refractivity contribution >= 4 is 11.9 Å². The van der Waals surface area contributed by atoms with Gasteiger partial charge in [0.25, 0.3) is 0 Å². The Hall–Kier alpha value is -2.08. The van der Waals surface area contributed by atoms with Gasteiger partial charge in [-0.1, -0.05) is 134 Å². The van der Waals surface area contributed by atoms with Crippen molar-refractivity contribution in [1.29, 1.82) is 0 Å². The molecular formula is C41H72O10. The highest BCUT2D eigenvalue weighted by molar-refractivity contribution is 5.70. The van der Waals surface area contributed by atoms with Crippen LogP contribution in [0.1, 0.15) is 155 Å². The van der Waals surface area contributed by atoms with Gasteiger partial charge in [0.05, 0.1) is 13.2 Å². The Labute approximate surface area is 308 Å². The van der Waals surface area contributed by atoms with E-state index in [1.54, 1.807) is 0 Å². The number of hydrogen-bond donors (Lipinski definition) is 4. The van der Waals surface area contributed by atoms with E-state index >= 15 is 0 Å². The van der Waals surface area contributed by atoms with Gasteiger partial charge in [-0.25, -0.2) is 0 Å². The summed E-state index contributed by atoms with van der Waals surface area (Å²) in [7, 11) is 0. The first-order valence-corrected chi connectivity index (χ1v) is 20.1. The van der Waals surface area contributed by atoms with E-state index in [2.05, 4.69) is 50.3 Å². The molecule has 1 aliphatic heterocycles. The monoisotopic (exact) mass is 725 g/mol. The van der Waals surface area contributed by atoms with E-state index in [1.807, 2.05) is 0 Å². The minimum Gasteiger partial charge on any atom is -0.462 e. The lowest BCUT2D eigenvalue weighted by atomic mass is 9.99. The van der Waals surface area contributed by atoms with Crippen LogP contribution in [0.4, 0.5) is 0 Å². The Morgan fingerprint density at radius 2 is 1.16 bits per heavy atom. The quantitative estimate of drug-likeness (QED) is 0.0311. The van der Waals surface area contributed by atoms with Crippen molar-refractivity contribution in [2.75, 3.05) is 19.8 Å². The maximum atomic E-state index is 12.7. The van der Waals surface area contributed by atoms with Crippen LogP contribution in [-0.4, -0.2) is 89.0 Å². The second-order valence-electron chi connectivity index (χ2n) is 13.7. The van der Waals surface area contributed by atoms with Crippen molar-refractivity contribution in [3.05, 3.63) is 36.5 Å². The van der Waals surface area contributed by atoms with Crippen molar-refractivity contribution in [1.82, 2.24) is 0 Å². The standard InChI is InChI=1S/C41H72O10/c1-3-5-7-9-11-13-15-16-17-18-20-21-23-25-27-29-36(43)48-32-34(33-49-41-40(47)39(46)38(45)35(31-42)51-41)50-37(44)30-28-26-24-22-19-14-12-10-8-6-4-2/h5,7,11,13,16-17,34-35,38-42,45-47H,3-4,6,8-10,12,14-15,18-33H2,1-2H3/b7-5-,13-11-,17-16-/t34-,35?,38?,39?,40?,41?/m1/s1. The van der Waals surface area contributed by atoms with Gasteiger partial charge in [0.15, 0.2) is 12.4 Å². The summed E-state index contributed by atoms with van der Waals surface area (Å²) < 4.78 is 22.0. The average Bonchev–Trinajstić information content (AvgIpc) is 3.13. The van der Waals surface area contributed by atoms with Gasteiger partial charge in [-0.2, -0.15) is 0 Å². The van der Waals surface area contributed by atoms with Gasteiger partial charge >= 0.3 is 11.9 Å². The van der Waals surface area contributed by atoms with E-state index in [4.69, 9.17) is 18.9 Å². The van der Waals surface area contributed by atoms with Gasteiger partial charge in [0.2, 0.25) is 0 Å². The molecule has 0 radical (unpaired) electrons. The summed E-state index contributed by atoms with van der Waals surface area (Å²) in [4.78, 5) is 25.2. The molecule has 0 aromatic heterocycles. The van der Waals surface area contributed by atoms with Gasteiger partial charge in [-0.15, -0.1) is 0 Å². The van der Waals surface area contributed by atoms with Crippen LogP contribution in [0.15, 0.2) is 36.5 Å². The number of carbonyl (C=O) groups excluding carboxylic acids is 2. The van der Waals surface area contributed by atoms with E-state index < -0.39 is 55.4 Å². The minimum atomic E-state index is -1.59. The number of hydrogen-bond acceptors (Lipinski definition) is 10. The predicted octanol–water partition coefficient (Wildman–Crippen LogP) is 7.55. The number of ether oxygens (including phenoxy) is 4. The molecule has 0 amide bonds. The largest absolute Gasteiger partial charge is 0.462 e. The molecule has 0 aromatic carbocycles. The summed E-state index contributed by atoms with van der Waals surface area (Å²) >= 11 is 0. The van der Waals surface area contributed by atoms with Crippen molar-refractivity contribution < 1.29 is 49.0 Å². The Bertz CT molecular complexity index is 933. The predicted molar refractivity (Wildman–Crippen MR) is 201 cm³/mol. The molecule has 1 rings (SSSR count). The van der Waals surface area contributed by atoms with Crippen LogP contribution in [-0.2, 0) is 28.5 Å². The molecule has 5 unspecified atom stereocenters. The maximum Gasteiger partial charge on any atom is 0.306 e. The third-order valence-electron chi connectivity index (χ3n) is 9.04. The molecule has 51 heavy (non-hydrogen) atoms. The van der Waals surface area contributed by atoms with Crippen LogP contribution in [0, 0.1) is 0 Å². The summed E-state index contributed by atoms with van der Waals surface area (Å²) in [5.41, 5.74) is 0. The lowest BCUT2D eigenvalue weighted by molar-refractivity contribution is -0.305. The smallest absolute Gasteiger partial charge is 0.306 e. The summed E-state index contributed by atoms with van der Waals surface area (Å²) in [6.45, 7) is 3.27. The number of esters is 2. The number of allylic oxidation sites excluding steroid dienone is 6. The molecule has 6 atom stereocenters. The number of aliphatic hydroxyl groups excluding tert-OH is 4. The van der Waals surface area contributed by atoms with Gasteiger partial charge in [-0.05, 0) is 44.9 Å². The molecule has 1 heterocycles. The molecule has 0 bridgehead atoms. The van der Waals surface area contributed by atoms with Crippen molar-refractivity contribution in [2.45, 2.75) is 192 Å². The lowest BCUT2D eigenvalue weighted by Gasteiger charge is -2.39. The number of unbranched alkanes of at least 4 members (excludes halogenated alkanes) is 15. The molecule has 0 aliphatic carbocycles. The Morgan fingerprint density at radius 3 is 1.75 bits per heavy atom. The molecule has 296 valence electrons. The third kappa shape index (κ3) is 24.7. The zero-order valence-electron chi connectivity index (χ0n) is 31.8. The van der Waals surface area contributed by atoms with Gasteiger partial charge < -0.3 is 39.4 Å². The van der Waals surface area contributed by atoms with Gasteiger partial charge in [0, 0.05) is 12.8 Å². The van der Waals surface area contributed by atoms with Crippen molar-refractivity contribution in [3.8, 4) is 0 Å². The maximum absolute atomic E-state index is 12.7. The number of carbonyl (C=O) groups is 2. The highest BCUT2D eigenvalue weighted by Crippen LogP contribution is 2.22. The fourth-order valence-electron chi connectivity index (χ4n) is 5.85. The molecule has 1 fully saturated rings. The molecule has 0 spiro atoms. The van der Waals surface area contributed by atoms with E-state index in [0.717, 1.165) is 70.6 Å². The summed E-state index contributed by atoms with van der Waals surface area (Å²) in [5, 5.41) is 39.9. The zero-order chi connectivity index (χ0) is 37.4. The van der Waals surface area contributed by atoms with Crippen LogP contribution < -0.4 is 0 Å². The topological polar surface area (TPSA) is 152 Å². The first-order valence-electron chi connectivity index (χ1n) is 20.1.